The van der Waals surface area contributed by atoms with Gasteiger partial charge in [-0.15, -0.1) is 11.3 Å². The highest BCUT2D eigenvalue weighted by molar-refractivity contribution is 7.18. The summed E-state index contributed by atoms with van der Waals surface area (Å²) in [6.45, 7) is 4.98. The van der Waals surface area contributed by atoms with Crippen LogP contribution >= 0.6 is 11.3 Å². The normalized spacial score (nSPS) is 11.0. The van der Waals surface area contributed by atoms with Gasteiger partial charge in [0.25, 0.3) is 0 Å². The van der Waals surface area contributed by atoms with Gasteiger partial charge in [0.2, 0.25) is 0 Å². The molecule has 1 aromatic carbocycles. The van der Waals surface area contributed by atoms with Crippen LogP contribution in [0, 0.1) is 13.8 Å². The highest BCUT2D eigenvalue weighted by Gasteiger charge is 2.15. The van der Waals surface area contributed by atoms with Gasteiger partial charge in [-0.25, -0.2) is 9.97 Å². The van der Waals surface area contributed by atoms with Crippen molar-refractivity contribution < 1.29 is 0 Å². The smallest absolute Gasteiger partial charge is 0.139 e. The number of aryl methyl sites for hydroxylation is 2. The van der Waals surface area contributed by atoms with E-state index in [9.17, 15) is 0 Å². The Morgan fingerprint density at radius 2 is 1.77 bits per heavy atom. The van der Waals surface area contributed by atoms with Crippen molar-refractivity contribution in [3.05, 3.63) is 82.3 Å². The van der Waals surface area contributed by atoms with Gasteiger partial charge in [0.05, 0.1) is 5.39 Å². The van der Waals surface area contributed by atoms with Crippen molar-refractivity contribution in [2.24, 2.45) is 0 Å². The molecule has 0 aliphatic rings. The lowest BCUT2D eigenvalue weighted by Crippen LogP contribution is -2.06. The Kier molecular flexibility index (Phi) is 4.63. The van der Waals surface area contributed by atoms with Crippen LogP contribution in [0.1, 0.15) is 27.4 Å². The van der Waals surface area contributed by atoms with Crippen LogP contribution in [-0.4, -0.2) is 15.0 Å². The molecule has 0 aliphatic carbocycles. The second-order valence-electron chi connectivity index (χ2n) is 6.33. The quantitative estimate of drug-likeness (QED) is 0.550. The maximum atomic E-state index is 4.85. The van der Waals surface area contributed by atoms with Crippen LogP contribution in [0.25, 0.3) is 10.2 Å². The number of benzene rings is 1. The minimum atomic E-state index is 0.694. The van der Waals surface area contributed by atoms with E-state index in [1.807, 2.05) is 18.3 Å². The molecule has 0 saturated heterocycles. The van der Waals surface area contributed by atoms with Crippen LogP contribution < -0.4 is 5.32 Å². The molecule has 0 bridgehead atoms. The van der Waals surface area contributed by atoms with Crippen molar-refractivity contribution in [1.29, 1.82) is 0 Å². The molecular weight excluding hydrogens is 340 g/mol. The van der Waals surface area contributed by atoms with Gasteiger partial charge < -0.3 is 5.32 Å². The highest BCUT2D eigenvalue weighted by atomic mass is 32.1. The van der Waals surface area contributed by atoms with Crippen molar-refractivity contribution in [1.82, 2.24) is 15.0 Å². The molecule has 0 radical (unpaired) electrons. The number of thiophene rings is 1. The van der Waals surface area contributed by atoms with E-state index in [1.165, 1.54) is 16.0 Å². The van der Waals surface area contributed by atoms with Gasteiger partial charge in [0.15, 0.2) is 0 Å². The van der Waals surface area contributed by atoms with Gasteiger partial charge in [0, 0.05) is 30.2 Å². The van der Waals surface area contributed by atoms with Gasteiger partial charge >= 0.3 is 0 Å². The van der Waals surface area contributed by atoms with Crippen molar-refractivity contribution >= 4 is 27.4 Å². The molecule has 130 valence electrons. The average molecular weight is 360 g/mol. The average Bonchev–Trinajstić information content (AvgIpc) is 2.95. The second kappa shape index (κ2) is 7.22. The Labute approximate surface area is 157 Å². The Morgan fingerprint density at radius 3 is 2.54 bits per heavy atom. The van der Waals surface area contributed by atoms with Crippen LogP contribution in [0.5, 0.6) is 0 Å². The second-order valence-corrected chi connectivity index (χ2v) is 7.53. The Hall–Kier alpha value is -2.79. The number of hydrogen-bond acceptors (Lipinski definition) is 5. The van der Waals surface area contributed by atoms with Gasteiger partial charge in [-0.05, 0) is 36.6 Å². The molecule has 3 aromatic heterocycles. The number of nitrogens with one attached hydrogen (secondary N) is 1. The monoisotopic (exact) mass is 360 g/mol. The van der Waals surface area contributed by atoms with Gasteiger partial charge in [0.1, 0.15) is 16.5 Å². The number of anilines is 1. The van der Waals surface area contributed by atoms with Crippen molar-refractivity contribution in [3.8, 4) is 0 Å². The van der Waals surface area contributed by atoms with Gasteiger partial charge in [-0.2, -0.15) is 0 Å². The first-order chi connectivity index (χ1) is 12.7. The van der Waals surface area contributed by atoms with E-state index in [4.69, 9.17) is 9.97 Å². The number of fused-ring (bicyclic) bond motifs is 1. The fraction of sp³-hybridized carbons (Fsp3) is 0.190. The highest BCUT2D eigenvalue weighted by Crippen LogP contribution is 2.33. The third-order valence-corrected chi connectivity index (χ3v) is 5.56. The summed E-state index contributed by atoms with van der Waals surface area (Å²) in [5.41, 5.74) is 3.61. The van der Waals surface area contributed by atoms with Gasteiger partial charge in [-0.3, -0.25) is 4.98 Å². The van der Waals surface area contributed by atoms with E-state index in [1.54, 1.807) is 17.5 Å². The van der Waals surface area contributed by atoms with Crippen molar-refractivity contribution in [2.45, 2.75) is 26.8 Å². The maximum absolute atomic E-state index is 4.85. The molecule has 0 atom stereocenters. The van der Waals surface area contributed by atoms with Gasteiger partial charge in [-0.1, -0.05) is 36.4 Å². The largest absolute Gasteiger partial charge is 0.365 e. The molecule has 0 fully saturated rings. The molecule has 5 heteroatoms. The van der Waals surface area contributed by atoms with E-state index in [0.29, 0.717) is 6.54 Å². The molecule has 0 unspecified atom stereocenters. The summed E-state index contributed by atoms with van der Waals surface area (Å²) in [4.78, 5) is 16.2. The molecule has 4 aromatic rings. The van der Waals surface area contributed by atoms with Crippen molar-refractivity contribution in [3.63, 3.8) is 0 Å². The molecule has 4 nitrogen and oxygen atoms in total. The van der Waals surface area contributed by atoms with Crippen molar-refractivity contribution in [2.75, 3.05) is 5.32 Å². The Balaban J connectivity index is 1.71. The molecule has 0 aliphatic heterocycles. The minimum Gasteiger partial charge on any atom is -0.365 e. The third-order valence-electron chi connectivity index (χ3n) is 4.46. The zero-order chi connectivity index (χ0) is 17.9. The lowest BCUT2D eigenvalue weighted by Gasteiger charge is -2.10. The summed E-state index contributed by atoms with van der Waals surface area (Å²) in [5.74, 6) is 1.75. The molecule has 0 saturated carbocycles. The molecule has 3 heterocycles. The number of hydrogen-bond donors (Lipinski definition) is 1. The zero-order valence-corrected chi connectivity index (χ0v) is 15.7. The summed E-state index contributed by atoms with van der Waals surface area (Å²) < 4.78 is 0. The number of aromatic nitrogens is 3. The summed E-state index contributed by atoms with van der Waals surface area (Å²) >= 11 is 1.74. The molecule has 0 spiro atoms. The predicted molar refractivity (Wildman–Crippen MR) is 108 cm³/mol. The predicted octanol–water partition coefficient (Wildman–Crippen LogP) is 4.91. The first-order valence-corrected chi connectivity index (χ1v) is 9.45. The first kappa shape index (κ1) is 16.7. The standard InChI is InChI=1S/C21H20N4S/c1-14-15(2)26-21-19(14)20(23-13-17-9-6-10-22-12-17)24-18(25-21)11-16-7-4-3-5-8-16/h3-10,12H,11,13H2,1-2H3,(H,23,24,25). The summed E-state index contributed by atoms with van der Waals surface area (Å²) in [5, 5.41) is 4.63. The number of nitrogens with zero attached hydrogens (tertiary/aromatic N) is 3. The zero-order valence-electron chi connectivity index (χ0n) is 14.9. The van der Waals surface area contributed by atoms with E-state index in [0.717, 1.165) is 33.8 Å². The van der Waals surface area contributed by atoms with E-state index in [-0.39, 0.29) is 0 Å². The lowest BCUT2D eigenvalue weighted by molar-refractivity contribution is 0.982. The van der Waals surface area contributed by atoms with Crippen LogP contribution in [0.4, 0.5) is 5.82 Å². The summed E-state index contributed by atoms with van der Waals surface area (Å²) in [6.07, 6.45) is 4.40. The summed E-state index contributed by atoms with van der Waals surface area (Å²) in [6, 6.07) is 14.4. The SMILES string of the molecule is Cc1sc2nc(Cc3ccccc3)nc(NCc3cccnc3)c2c1C. The molecular formula is C21H20N4S. The molecule has 4 rings (SSSR count). The molecule has 1 N–H and O–H groups in total. The van der Waals surface area contributed by atoms with E-state index in [2.05, 4.69) is 54.5 Å². The van der Waals surface area contributed by atoms with Crippen LogP contribution in [-0.2, 0) is 13.0 Å². The fourth-order valence-corrected chi connectivity index (χ4v) is 4.02. The van der Waals surface area contributed by atoms with Crippen LogP contribution in [0.15, 0.2) is 54.9 Å². The van der Waals surface area contributed by atoms with Crippen LogP contribution in [0.3, 0.4) is 0 Å². The number of pyridine rings is 1. The Morgan fingerprint density at radius 1 is 0.962 bits per heavy atom. The number of rotatable bonds is 5. The minimum absolute atomic E-state index is 0.694. The lowest BCUT2D eigenvalue weighted by atomic mass is 10.1. The third kappa shape index (κ3) is 3.44. The molecule has 0 amide bonds. The Bertz CT molecular complexity index is 1030. The van der Waals surface area contributed by atoms with E-state index >= 15 is 0 Å². The maximum Gasteiger partial charge on any atom is 0.139 e. The summed E-state index contributed by atoms with van der Waals surface area (Å²) in [7, 11) is 0. The first-order valence-electron chi connectivity index (χ1n) is 8.64. The van der Waals surface area contributed by atoms with Crippen LogP contribution in [0.2, 0.25) is 0 Å². The fourth-order valence-electron chi connectivity index (χ4n) is 2.97. The molecule has 26 heavy (non-hydrogen) atoms. The topological polar surface area (TPSA) is 50.7 Å². The van der Waals surface area contributed by atoms with E-state index < -0.39 is 0 Å².